The minimum absolute atomic E-state index is 0.00694. The summed E-state index contributed by atoms with van der Waals surface area (Å²) >= 11 is 0. The van der Waals surface area contributed by atoms with Gasteiger partial charge in [-0.15, -0.1) is 0 Å². The Kier molecular flexibility index (Phi) is 5.99. The number of fused-ring (bicyclic) bond motifs is 1. The van der Waals surface area contributed by atoms with Crippen LogP contribution in [0, 0.1) is 17.8 Å². The molecule has 164 valence electrons. The number of carbonyl (C=O) groups is 1. The number of hydrogen-bond acceptors (Lipinski definition) is 6. The third-order valence-electron chi connectivity index (χ3n) is 6.30. The van der Waals surface area contributed by atoms with Crippen molar-refractivity contribution in [3.8, 4) is 0 Å². The smallest absolute Gasteiger partial charge is 0.261 e. The Morgan fingerprint density at radius 1 is 1.33 bits per heavy atom. The van der Waals surface area contributed by atoms with Crippen LogP contribution in [-0.2, 0) is 9.53 Å². The number of alkyl halides is 2. The summed E-state index contributed by atoms with van der Waals surface area (Å²) in [4.78, 5) is 24.3. The Balaban J connectivity index is 1.53. The number of amides is 1. The quantitative estimate of drug-likeness (QED) is 0.685. The van der Waals surface area contributed by atoms with Crippen LogP contribution in [0.25, 0.3) is 0 Å². The fourth-order valence-electron chi connectivity index (χ4n) is 4.77. The molecule has 5 atom stereocenters. The molecule has 4 aliphatic rings. The Morgan fingerprint density at radius 2 is 2.13 bits per heavy atom. The van der Waals surface area contributed by atoms with E-state index in [1.807, 2.05) is 43.0 Å². The molecular formula is C21H29F2N5O2. The molecule has 0 aromatic rings. The van der Waals surface area contributed by atoms with Gasteiger partial charge in [0.1, 0.15) is 12.4 Å². The molecule has 1 amide bonds. The summed E-state index contributed by atoms with van der Waals surface area (Å²) in [5, 5.41) is 6.59. The van der Waals surface area contributed by atoms with E-state index in [9.17, 15) is 13.6 Å². The number of aliphatic imine (C=N–C) groups is 2. The van der Waals surface area contributed by atoms with Crippen molar-refractivity contribution >= 4 is 23.7 Å². The van der Waals surface area contributed by atoms with Gasteiger partial charge in [0.2, 0.25) is 5.91 Å². The molecule has 1 saturated heterocycles. The molecule has 0 spiro atoms. The lowest BCUT2D eigenvalue weighted by Crippen LogP contribution is -2.38. The normalized spacial score (nSPS) is 33.7. The van der Waals surface area contributed by atoms with Crippen LogP contribution in [0.15, 0.2) is 26.9 Å². The van der Waals surface area contributed by atoms with E-state index >= 15 is 0 Å². The zero-order valence-corrected chi connectivity index (χ0v) is 17.7. The summed E-state index contributed by atoms with van der Waals surface area (Å²) in [5.74, 6) is 0.533. The number of halogens is 2. The predicted molar refractivity (Wildman–Crippen MR) is 111 cm³/mol. The van der Waals surface area contributed by atoms with Gasteiger partial charge in [0.15, 0.2) is 0 Å². The molecule has 0 aromatic heterocycles. The molecule has 9 heteroatoms. The van der Waals surface area contributed by atoms with E-state index in [0.717, 1.165) is 36.8 Å². The largest absolute Gasteiger partial charge is 0.370 e. The van der Waals surface area contributed by atoms with Crippen LogP contribution in [0.1, 0.15) is 33.6 Å². The van der Waals surface area contributed by atoms with Gasteiger partial charge in [0.25, 0.3) is 6.43 Å². The van der Waals surface area contributed by atoms with Gasteiger partial charge in [-0.2, -0.15) is 5.10 Å². The van der Waals surface area contributed by atoms with Crippen LogP contribution in [0.3, 0.4) is 0 Å². The number of ether oxygens (including phenoxy) is 1. The number of amidine groups is 1. The summed E-state index contributed by atoms with van der Waals surface area (Å²) < 4.78 is 30.3. The number of nitrogens with zero attached hydrogens (tertiary/aromatic N) is 5. The number of carbonyl (C=O) groups excluding carboxylic acids is 1. The monoisotopic (exact) mass is 421 g/mol. The van der Waals surface area contributed by atoms with Crippen LogP contribution in [0.5, 0.6) is 0 Å². The average molecular weight is 421 g/mol. The van der Waals surface area contributed by atoms with Crippen molar-refractivity contribution in [3.05, 3.63) is 11.8 Å². The topological polar surface area (TPSA) is 69.9 Å². The molecule has 4 aliphatic heterocycles. The zero-order valence-electron chi connectivity index (χ0n) is 17.7. The number of likely N-dealkylation sites (tertiary alicyclic amines) is 1. The van der Waals surface area contributed by atoms with Crippen molar-refractivity contribution in [1.82, 2.24) is 9.91 Å². The Bertz CT molecular complexity index is 809. The van der Waals surface area contributed by atoms with E-state index in [4.69, 9.17) is 9.73 Å². The van der Waals surface area contributed by atoms with Crippen molar-refractivity contribution in [1.29, 1.82) is 0 Å². The van der Waals surface area contributed by atoms with Crippen LogP contribution in [0.4, 0.5) is 8.78 Å². The van der Waals surface area contributed by atoms with Crippen LogP contribution in [-0.4, -0.2) is 78.4 Å². The van der Waals surface area contributed by atoms with Gasteiger partial charge in [-0.05, 0) is 26.2 Å². The lowest BCUT2D eigenvalue weighted by molar-refractivity contribution is -0.128. The zero-order chi connectivity index (χ0) is 21.4. The summed E-state index contributed by atoms with van der Waals surface area (Å²) in [6.45, 7) is 7.56. The van der Waals surface area contributed by atoms with Crippen LogP contribution >= 0.6 is 0 Å². The number of rotatable bonds is 5. The molecule has 5 unspecified atom stereocenters. The first-order valence-corrected chi connectivity index (χ1v) is 10.7. The van der Waals surface area contributed by atoms with Crippen molar-refractivity contribution in [2.75, 3.05) is 26.2 Å². The van der Waals surface area contributed by atoms with Gasteiger partial charge in [-0.3, -0.25) is 24.7 Å². The van der Waals surface area contributed by atoms with Crippen molar-refractivity contribution in [2.45, 2.75) is 52.2 Å². The molecule has 0 aromatic carbocycles. The highest BCUT2D eigenvalue weighted by Crippen LogP contribution is 2.37. The second-order valence-corrected chi connectivity index (χ2v) is 8.36. The Hall–Kier alpha value is -2.16. The summed E-state index contributed by atoms with van der Waals surface area (Å²) in [5.41, 5.74) is 1.72. The van der Waals surface area contributed by atoms with E-state index in [-0.39, 0.29) is 35.8 Å². The second kappa shape index (κ2) is 8.53. The minimum atomic E-state index is -2.48. The van der Waals surface area contributed by atoms with Crippen molar-refractivity contribution in [2.24, 2.45) is 32.8 Å². The maximum absolute atomic E-state index is 13.2. The highest BCUT2D eigenvalue weighted by molar-refractivity contribution is 6.20. The summed E-state index contributed by atoms with van der Waals surface area (Å²) in [7, 11) is 0. The molecule has 0 aliphatic carbocycles. The SMILES string of the molecule is CCN1CCC(N2C(=O)C3C(=NC(C4C=NCC(OCC(F)F)C4)=CC3C)C2C)=N1. The minimum Gasteiger partial charge on any atom is -0.370 e. The van der Waals surface area contributed by atoms with Crippen LogP contribution in [0.2, 0.25) is 0 Å². The van der Waals surface area contributed by atoms with E-state index < -0.39 is 13.0 Å². The first kappa shape index (κ1) is 21.1. The molecule has 7 nitrogen and oxygen atoms in total. The number of hydrogen-bond donors (Lipinski definition) is 0. The highest BCUT2D eigenvalue weighted by atomic mass is 19.3. The number of hydrazone groups is 1. The lowest BCUT2D eigenvalue weighted by atomic mass is 9.83. The number of allylic oxidation sites excluding steroid dienone is 2. The molecular weight excluding hydrogens is 392 g/mol. The summed E-state index contributed by atoms with van der Waals surface area (Å²) in [6.07, 6.45) is 2.38. The van der Waals surface area contributed by atoms with E-state index in [0.29, 0.717) is 13.0 Å². The van der Waals surface area contributed by atoms with Crippen molar-refractivity contribution < 1.29 is 18.3 Å². The van der Waals surface area contributed by atoms with E-state index in [1.54, 1.807) is 0 Å². The van der Waals surface area contributed by atoms with Gasteiger partial charge >= 0.3 is 0 Å². The molecule has 30 heavy (non-hydrogen) atoms. The summed E-state index contributed by atoms with van der Waals surface area (Å²) in [6, 6.07) is -0.143. The molecule has 4 rings (SSSR count). The maximum Gasteiger partial charge on any atom is 0.261 e. The molecule has 4 heterocycles. The van der Waals surface area contributed by atoms with Gasteiger partial charge in [0, 0.05) is 37.3 Å². The maximum atomic E-state index is 13.2. The Morgan fingerprint density at radius 3 is 2.83 bits per heavy atom. The van der Waals surface area contributed by atoms with E-state index in [1.165, 1.54) is 0 Å². The molecule has 0 bridgehead atoms. The first-order valence-electron chi connectivity index (χ1n) is 10.7. The van der Waals surface area contributed by atoms with Gasteiger partial charge in [-0.1, -0.05) is 13.0 Å². The average Bonchev–Trinajstić information content (AvgIpc) is 3.29. The van der Waals surface area contributed by atoms with Gasteiger partial charge in [0.05, 0.1) is 30.3 Å². The third-order valence-corrected chi connectivity index (χ3v) is 6.30. The van der Waals surface area contributed by atoms with Gasteiger partial charge in [-0.25, -0.2) is 8.78 Å². The first-order chi connectivity index (χ1) is 14.4. The van der Waals surface area contributed by atoms with E-state index in [2.05, 4.69) is 10.1 Å². The fraction of sp³-hybridized carbons (Fsp3) is 0.714. The van der Waals surface area contributed by atoms with Crippen LogP contribution < -0.4 is 0 Å². The standard InChI is InChI=1S/C21H29F2N5O2/c1-4-27-6-5-18(26-27)28-13(3)20-19(21(28)29)12(2)7-16(25-20)14-8-15(10-24-9-14)30-11-17(22)23/h7,9,12-15,17,19H,4-6,8,10-11H2,1-3H3. The lowest BCUT2D eigenvalue weighted by Gasteiger charge is -2.28. The molecule has 0 N–H and O–H groups in total. The molecule has 0 radical (unpaired) electrons. The van der Waals surface area contributed by atoms with Crippen molar-refractivity contribution in [3.63, 3.8) is 0 Å². The van der Waals surface area contributed by atoms with Gasteiger partial charge < -0.3 is 4.74 Å². The third kappa shape index (κ3) is 3.91. The molecule has 0 saturated carbocycles. The fourth-order valence-corrected chi connectivity index (χ4v) is 4.77. The highest BCUT2D eigenvalue weighted by Gasteiger charge is 2.49. The Labute approximate surface area is 175 Å². The predicted octanol–water partition coefficient (Wildman–Crippen LogP) is 2.59. The molecule has 1 fully saturated rings. The second-order valence-electron chi connectivity index (χ2n) is 8.36.